The number of carbonyl (C=O) groups excluding carboxylic acids is 2. The van der Waals surface area contributed by atoms with Crippen LogP contribution in [0.25, 0.3) is 0 Å². The molecule has 1 aliphatic rings. The van der Waals surface area contributed by atoms with Crippen LogP contribution in [0.15, 0.2) is 18.2 Å². The minimum atomic E-state index is -0.814. The van der Waals surface area contributed by atoms with Crippen LogP contribution in [-0.2, 0) is 9.59 Å². The van der Waals surface area contributed by atoms with Crippen LogP contribution in [0.3, 0.4) is 0 Å². The summed E-state index contributed by atoms with van der Waals surface area (Å²) >= 11 is 6.04. The molecule has 0 aromatic heterocycles. The van der Waals surface area contributed by atoms with Crippen LogP contribution < -0.4 is 0 Å². The maximum absolute atomic E-state index is 12.4. The highest BCUT2D eigenvalue weighted by molar-refractivity contribution is 6.31. The Balaban J connectivity index is 1.92. The van der Waals surface area contributed by atoms with Crippen LogP contribution in [0, 0.1) is 12.8 Å². The number of likely N-dealkylation sites (tertiary alicyclic amines) is 1. The second kappa shape index (κ2) is 7.66. The highest BCUT2D eigenvalue weighted by Crippen LogP contribution is 2.19. The number of likely N-dealkylation sites (N-methyl/N-ethyl adjacent to an activating group) is 1. The largest absolute Gasteiger partial charge is 0.481 e. The molecule has 0 saturated carbocycles. The van der Waals surface area contributed by atoms with E-state index in [1.54, 1.807) is 30.1 Å². The summed E-state index contributed by atoms with van der Waals surface area (Å²) in [4.78, 5) is 38.6. The van der Waals surface area contributed by atoms with Gasteiger partial charge in [-0.05, 0) is 37.5 Å². The van der Waals surface area contributed by atoms with Gasteiger partial charge in [-0.1, -0.05) is 17.7 Å². The van der Waals surface area contributed by atoms with E-state index >= 15 is 0 Å². The van der Waals surface area contributed by atoms with Crippen molar-refractivity contribution in [2.24, 2.45) is 5.92 Å². The number of carboxylic acid groups (broad SMARTS) is 1. The standard InChI is InChI=1S/C17H21ClN2O4/c1-11-3-4-13(9-14(11)18)16(22)19(2)10-15(21)20-7-5-12(6-8-20)17(23)24/h3-4,9,12H,5-8,10H2,1-2H3,(H,23,24). The number of nitrogens with zero attached hydrogens (tertiary/aromatic N) is 2. The highest BCUT2D eigenvalue weighted by Gasteiger charge is 2.28. The lowest BCUT2D eigenvalue weighted by atomic mass is 9.97. The van der Waals surface area contributed by atoms with Gasteiger partial charge in [0.15, 0.2) is 0 Å². The van der Waals surface area contributed by atoms with Gasteiger partial charge in [0.25, 0.3) is 5.91 Å². The molecule has 2 amide bonds. The number of aliphatic carboxylic acids is 1. The number of rotatable bonds is 4. The molecule has 130 valence electrons. The van der Waals surface area contributed by atoms with Crippen LogP contribution >= 0.6 is 11.6 Å². The first-order valence-corrected chi connectivity index (χ1v) is 8.19. The number of hydrogen-bond donors (Lipinski definition) is 1. The molecule has 7 heteroatoms. The van der Waals surface area contributed by atoms with Crippen molar-refractivity contribution < 1.29 is 19.5 Å². The number of carboxylic acids is 1. The van der Waals surface area contributed by atoms with Gasteiger partial charge in [-0.25, -0.2) is 0 Å². The predicted octanol–water partition coefficient (Wildman–Crippen LogP) is 2.04. The Morgan fingerprint density at radius 2 is 1.92 bits per heavy atom. The molecule has 1 fully saturated rings. The fraction of sp³-hybridized carbons (Fsp3) is 0.471. The monoisotopic (exact) mass is 352 g/mol. The maximum Gasteiger partial charge on any atom is 0.306 e. The van der Waals surface area contributed by atoms with E-state index in [2.05, 4.69) is 0 Å². The van der Waals surface area contributed by atoms with E-state index in [9.17, 15) is 14.4 Å². The smallest absolute Gasteiger partial charge is 0.306 e. The molecule has 1 aromatic rings. The molecule has 0 spiro atoms. The molecule has 1 saturated heterocycles. The van der Waals surface area contributed by atoms with Crippen molar-refractivity contribution in [1.82, 2.24) is 9.80 Å². The first-order valence-electron chi connectivity index (χ1n) is 7.81. The summed E-state index contributed by atoms with van der Waals surface area (Å²) in [5.74, 6) is -1.65. The second-order valence-corrected chi connectivity index (χ2v) is 6.53. The van der Waals surface area contributed by atoms with Crippen molar-refractivity contribution in [2.45, 2.75) is 19.8 Å². The Hall–Kier alpha value is -2.08. The van der Waals surface area contributed by atoms with Crippen LogP contribution in [0.1, 0.15) is 28.8 Å². The van der Waals surface area contributed by atoms with Crippen molar-refractivity contribution in [1.29, 1.82) is 0 Å². The fourth-order valence-corrected chi connectivity index (χ4v) is 2.88. The first kappa shape index (κ1) is 18.3. The summed E-state index contributed by atoms with van der Waals surface area (Å²) in [7, 11) is 1.57. The topological polar surface area (TPSA) is 77.9 Å². The summed E-state index contributed by atoms with van der Waals surface area (Å²) in [5, 5.41) is 9.49. The van der Waals surface area contributed by atoms with Crippen molar-refractivity contribution in [3.05, 3.63) is 34.3 Å². The Kier molecular flexibility index (Phi) is 5.83. The van der Waals surface area contributed by atoms with Crippen molar-refractivity contribution in [3.8, 4) is 0 Å². The molecule has 1 heterocycles. The van der Waals surface area contributed by atoms with Crippen molar-refractivity contribution in [3.63, 3.8) is 0 Å². The third kappa shape index (κ3) is 4.26. The molecule has 0 aliphatic carbocycles. The van der Waals surface area contributed by atoms with Crippen LogP contribution in [0.5, 0.6) is 0 Å². The minimum Gasteiger partial charge on any atom is -0.481 e. The van der Waals surface area contributed by atoms with E-state index in [0.29, 0.717) is 36.5 Å². The van der Waals surface area contributed by atoms with Gasteiger partial charge in [-0.3, -0.25) is 14.4 Å². The Bertz CT molecular complexity index is 654. The van der Waals surface area contributed by atoms with Gasteiger partial charge in [-0.2, -0.15) is 0 Å². The zero-order valence-electron chi connectivity index (χ0n) is 13.8. The van der Waals surface area contributed by atoms with Gasteiger partial charge < -0.3 is 14.9 Å². The van der Waals surface area contributed by atoms with E-state index in [1.807, 2.05) is 6.92 Å². The number of piperidine rings is 1. The van der Waals surface area contributed by atoms with Gasteiger partial charge in [-0.15, -0.1) is 0 Å². The molecule has 6 nitrogen and oxygen atoms in total. The van der Waals surface area contributed by atoms with E-state index < -0.39 is 5.97 Å². The Labute approximate surface area is 146 Å². The van der Waals surface area contributed by atoms with E-state index in [0.717, 1.165) is 5.56 Å². The third-order valence-corrected chi connectivity index (χ3v) is 4.74. The summed E-state index contributed by atoms with van der Waals surface area (Å²) in [6.45, 7) is 2.63. The third-order valence-electron chi connectivity index (χ3n) is 4.33. The molecule has 1 aromatic carbocycles. The normalized spacial score (nSPS) is 15.2. The molecule has 0 unspecified atom stereocenters. The zero-order valence-corrected chi connectivity index (χ0v) is 14.5. The number of aryl methyl sites for hydroxylation is 1. The number of halogens is 1. The molecule has 0 atom stereocenters. The number of carbonyl (C=O) groups is 3. The van der Waals surface area contributed by atoms with Crippen molar-refractivity contribution >= 4 is 29.4 Å². The van der Waals surface area contributed by atoms with E-state index in [1.165, 1.54) is 4.90 Å². The molecule has 0 radical (unpaired) electrons. The molecule has 2 rings (SSSR count). The zero-order chi connectivity index (χ0) is 17.9. The molecule has 24 heavy (non-hydrogen) atoms. The van der Waals surface area contributed by atoms with E-state index in [4.69, 9.17) is 16.7 Å². The lowest BCUT2D eigenvalue weighted by Gasteiger charge is -2.31. The van der Waals surface area contributed by atoms with Gasteiger partial charge in [0.1, 0.15) is 0 Å². The molecule has 0 bridgehead atoms. The fourth-order valence-electron chi connectivity index (χ4n) is 2.70. The summed E-state index contributed by atoms with van der Waals surface area (Å²) in [5.41, 5.74) is 1.32. The maximum atomic E-state index is 12.4. The lowest BCUT2D eigenvalue weighted by molar-refractivity contribution is -0.145. The number of amides is 2. The number of hydrogen-bond acceptors (Lipinski definition) is 3. The van der Waals surface area contributed by atoms with Crippen LogP contribution in [0.4, 0.5) is 0 Å². The van der Waals surface area contributed by atoms with Crippen LogP contribution in [-0.4, -0.2) is 59.4 Å². The molecular weight excluding hydrogens is 332 g/mol. The average Bonchev–Trinajstić information content (AvgIpc) is 2.56. The van der Waals surface area contributed by atoms with Crippen LogP contribution in [0.2, 0.25) is 5.02 Å². The SMILES string of the molecule is Cc1ccc(C(=O)N(C)CC(=O)N2CCC(C(=O)O)CC2)cc1Cl. The highest BCUT2D eigenvalue weighted by atomic mass is 35.5. The Morgan fingerprint density at radius 1 is 1.29 bits per heavy atom. The van der Waals surface area contributed by atoms with Gasteiger partial charge in [0.05, 0.1) is 12.5 Å². The number of benzene rings is 1. The minimum absolute atomic E-state index is 0.0396. The van der Waals surface area contributed by atoms with E-state index in [-0.39, 0.29) is 24.3 Å². The summed E-state index contributed by atoms with van der Waals surface area (Å²) in [6, 6.07) is 5.04. The second-order valence-electron chi connectivity index (χ2n) is 6.12. The summed E-state index contributed by atoms with van der Waals surface area (Å²) in [6.07, 6.45) is 0.901. The van der Waals surface area contributed by atoms with Crippen molar-refractivity contribution in [2.75, 3.05) is 26.7 Å². The van der Waals surface area contributed by atoms with Gasteiger partial charge in [0.2, 0.25) is 5.91 Å². The van der Waals surface area contributed by atoms with Gasteiger partial charge >= 0.3 is 5.97 Å². The summed E-state index contributed by atoms with van der Waals surface area (Å²) < 4.78 is 0. The lowest BCUT2D eigenvalue weighted by Crippen LogP contribution is -2.45. The molecule has 1 aliphatic heterocycles. The van der Waals surface area contributed by atoms with Gasteiger partial charge in [0, 0.05) is 30.7 Å². The first-order chi connectivity index (χ1) is 11.3. The predicted molar refractivity (Wildman–Crippen MR) is 90.1 cm³/mol. The molecular formula is C17H21ClN2O4. The quantitative estimate of drug-likeness (QED) is 0.899. The average molecular weight is 353 g/mol. The Morgan fingerprint density at radius 3 is 2.46 bits per heavy atom. The molecule has 1 N–H and O–H groups in total.